The lowest BCUT2D eigenvalue weighted by Crippen LogP contribution is -2.29. The van der Waals surface area contributed by atoms with E-state index in [4.69, 9.17) is 24.3 Å². The normalized spacial score (nSPS) is 14.2. The van der Waals surface area contributed by atoms with Crippen molar-refractivity contribution in [1.29, 1.82) is 0 Å². The Morgan fingerprint density at radius 1 is 0.564 bits per heavy atom. The predicted molar refractivity (Wildman–Crippen MR) is 229 cm³/mol. The van der Waals surface area contributed by atoms with Crippen LogP contribution in [0.15, 0.2) is 85.1 Å². The number of nitrogens with two attached hydrogens (primary N) is 1. The zero-order valence-electron chi connectivity index (χ0n) is 34.4. The maximum Gasteiger partial charge on any atom is 0.472 e. The predicted octanol–water partition coefficient (Wildman–Crippen LogP) is 12.0. The fourth-order valence-electron chi connectivity index (χ4n) is 5.16. The SMILES string of the molecule is CCC=CCC=CCC=CCC=CCC=CCCCCCC(=O)OCC(COP(=O)(O)OCCN)OC(=O)CCCCCCCC=CCC=CCCCCC. The molecule has 0 aromatic heterocycles. The molecule has 0 heterocycles. The van der Waals surface area contributed by atoms with Crippen LogP contribution in [0.25, 0.3) is 0 Å². The van der Waals surface area contributed by atoms with Crippen molar-refractivity contribution in [3.05, 3.63) is 85.1 Å². The second kappa shape index (κ2) is 40.8. The molecule has 0 saturated carbocycles. The van der Waals surface area contributed by atoms with E-state index in [1.807, 2.05) is 0 Å². The van der Waals surface area contributed by atoms with E-state index >= 15 is 0 Å². The first kappa shape index (κ1) is 52.2. The summed E-state index contributed by atoms with van der Waals surface area (Å²) >= 11 is 0. The molecule has 0 aromatic carbocycles. The van der Waals surface area contributed by atoms with Crippen LogP contribution < -0.4 is 5.73 Å². The van der Waals surface area contributed by atoms with Crippen molar-refractivity contribution in [3.63, 3.8) is 0 Å². The zero-order valence-corrected chi connectivity index (χ0v) is 35.3. The Bertz CT molecular complexity index is 1170. The Labute approximate surface area is 334 Å². The molecule has 0 bridgehead atoms. The van der Waals surface area contributed by atoms with Crippen LogP contribution in [0, 0.1) is 0 Å². The minimum Gasteiger partial charge on any atom is -0.462 e. The highest BCUT2D eigenvalue weighted by atomic mass is 31.2. The molecule has 2 atom stereocenters. The molecular formula is C45H76NO8P. The number of phosphoric acid groups is 1. The number of phosphoric ester groups is 1. The number of allylic oxidation sites excluding steroid dienone is 14. The second-order valence-electron chi connectivity index (χ2n) is 13.5. The van der Waals surface area contributed by atoms with Crippen LogP contribution in [-0.4, -0.2) is 49.3 Å². The van der Waals surface area contributed by atoms with Gasteiger partial charge in [-0.1, -0.05) is 137 Å². The van der Waals surface area contributed by atoms with Crippen LogP contribution >= 0.6 is 7.82 Å². The minimum absolute atomic E-state index is 0.0415. The number of carbonyl (C=O) groups is 2. The van der Waals surface area contributed by atoms with E-state index in [9.17, 15) is 19.0 Å². The van der Waals surface area contributed by atoms with Gasteiger partial charge in [-0.3, -0.25) is 18.6 Å². The molecule has 0 radical (unpaired) electrons. The van der Waals surface area contributed by atoms with Crippen molar-refractivity contribution in [2.45, 2.75) is 161 Å². The Morgan fingerprint density at radius 3 is 1.51 bits per heavy atom. The molecule has 55 heavy (non-hydrogen) atoms. The quantitative estimate of drug-likeness (QED) is 0.0271. The van der Waals surface area contributed by atoms with Gasteiger partial charge in [0.1, 0.15) is 6.61 Å². The van der Waals surface area contributed by atoms with Gasteiger partial charge in [0, 0.05) is 19.4 Å². The molecule has 0 aromatic rings. The van der Waals surface area contributed by atoms with Crippen molar-refractivity contribution >= 4 is 19.8 Å². The van der Waals surface area contributed by atoms with Crippen molar-refractivity contribution in [2.75, 3.05) is 26.4 Å². The molecule has 0 fully saturated rings. The van der Waals surface area contributed by atoms with Crippen LogP contribution in [0.2, 0.25) is 0 Å². The number of esters is 2. The monoisotopic (exact) mass is 790 g/mol. The smallest absolute Gasteiger partial charge is 0.462 e. The van der Waals surface area contributed by atoms with E-state index in [0.717, 1.165) is 89.9 Å². The van der Waals surface area contributed by atoms with Crippen LogP contribution in [0.4, 0.5) is 0 Å². The summed E-state index contributed by atoms with van der Waals surface area (Å²) in [6, 6.07) is 0. The lowest BCUT2D eigenvalue weighted by atomic mass is 10.1. The van der Waals surface area contributed by atoms with Gasteiger partial charge in [0.15, 0.2) is 6.10 Å². The molecule has 3 N–H and O–H groups in total. The summed E-state index contributed by atoms with van der Waals surface area (Å²) in [5.41, 5.74) is 5.34. The lowest BCUT2D eigenvalue weighted by molar-refractivity contribution is -0.161. The largest absolute Gasteiger partial charge is 0.472 e. The fourth-order valence-corrected chi connectivity index (χ4v) is 5.92. The number of rotatable bonds is 38. The molecule has 0 aliphatic rings. The topological polar surface area (TPSA) is 134 Å². The Hall–Kier alpha value is -2.81. The summed E-state index contributed by atoms with van der Waals surface area (Å²) in [5.74, 6) is -0.891. The van der Waals surface area contributed by atoms with E-state index in [1.54, 1.807) is 0 Å². The van der Waals surface area contributed by atoms with Gasteiger partial charge >= 0.3 is 19.8 Å². The molecule has 0 amide bonds. The summed E-state index contributed by atoms with van der Waals surface area (Å²) in [6.07, 6.45) is 50.4. The van der Waals surface area contributed by atoms with Crippen LogP contribution in [0.1, 0.15) is 155 Å². The van der Waals surface area contributed by atoms with E-state index in [1.165, 1.54) is 25.7 Å². The Balaban J connectivity index is 4.28. The first-order valence-corrected chi connectivity index (χ1v) is 22.6. The van der Waals surface area contributed by atoms with Crippen molar-refractivity contribution < 1.29 is 37.6 Å². The molecule has 314 valence electrons. The molecule has 10 heteroatoms. The first-order valence-electron chi connectivity index (χ1n) is 21.1. The maximum atomic E-state index is 12.6. The molecule has 0 aliphatic carbocycles. The minimum atomic E-state index is -4.39. The van der Waals surface area contributed by atoms with Gasteiger partial charge in [-0.15, -0.1) is 0 Å². The number of unbranched alkanes of at least 4 members (excludes halogenated alkanes) is 11. The van der Waals surface area contributed by atoms with Gasteiger partial charge in [-0.2, -0.15) is 0 Å². The van der Waals surface area contributed by atoms with Gasteiger partial charge in [0.25, 0.3) is 0 Å². The average Bonchev–Trinajstić information content (AvgIpc) is 3.17. The molecule has 0 saturated heterocycles. The van der Waals surface area contributed by atoms with Crippen molar-refractivity contribution in [1.82, 2.24) is 0 Å². The van der Waals surface area contributed by atoms with E-state index in [-0.39, 0.29) is 32.6 Å². The van der Waals surface area contributed by atoms with Gasteiger partial charge in [0.2, 0.25) is 0 Å². The maximum absolute atomic E-state index is 12.6. The highest BCUT2D eigenvalue weighted by Crippen LogP contribution is 2.43. The van der Waals surface area contributed by atoms with Crippen LogP contribution in [0.5, 0.6) is 0 Å². The third-order valence-electron chi connectivity index (χ3n) is 8.27. The van der Waals surface area contributed by atoms with Gasteiger partial charge < -0.3 is 20.1 Å². The molecular weight excluding hydrogens is 713 g/mol. The summed E-state index contributed by atoms with van der Waals surface area (Å²) in [7, 11) is -4.39. The van der Waals surface area contributed by atoms with E-state index < -0.39 is 32.5 Å². The number of hydrogen-bond donors (Lipinski definition) is 2. The van der Waals surface area contributed by atoms with E-state index in [0.29, 0.717) is 12.8 Å². The number of ether oxygens (including phenoxy) is 2. The van der Waals surface area contributed by atoms with Crippen molar-refractivity contribution in [2.24, 2.45) is 5.73 Å². The summed E-state index contributed by atoms with van der Waals surface area (Å²) < 4.78 is 32.7. The Morgan fingerprint density at radius 2 is 1.00 bits per heavy atom. The molecule has 9 nitrogen and oxygen atoms in total. The van der Waals surface area contributed by atoms with Crippen molar-refractivity contribution in [3.8, 4) is 0 Å². The molecule has 0 spiro atoms. The van der Waals surface area contributed by atoms with Gasteiger partial charge in [-0.05, 0) is 89.9 Å². The third kappa shape index (κ3) is 40.7. The van der Waals surface area contributed by atoms with Crippen LogP contribution in [-0.2, 0) is 32.7 Å². The first-order chi connectivity index (χ1) is 26.8. The third-order valence-corrected chi connectivity index (χ3v) is 9.25. The zero-order chi connectivity index (χ0) is 40.3. The molecule has 0 aliphatic heterocycles. The number of hydrogen-bond acceptors (Lipinski definition) is 8. The van der Waals surface area contributed by atoms with E-state index in [2.05, 4.69) is 98.9 Å². The highest BCUT2D eigenvalue weighted by molar-refractivity contribution is 7.47. The fraction of sp³-hybridized carbons (Fsp3) is 0.644. The second-order valence-corrected chi connectivity index (χ2v) is 14.9. The lowest BCUT2D eigenvalue weighted by Gasteiger charge is -2.19. The molecule has 0 rings (SSSR count). The van der Waals surface area contributed by atoms with Gasteiger partial charge in [-0.25, -0.2) is 4.57 Å². The Kier molecular flexibility index (Phi) is 38.8. The number of carbonyl (C=O) groups excluding carboxylic acids is 2. The summed E-state index contributed by atoms with van der Waals surface area (Å²) in [5, 5.41) is 0. The standard InChI is InChI=1S/C45H76NO8P/c1-3-5-7-9-11-13-15-17-19-20-21-22-24-25-27-29-31-33-35-37-44(47)51-41-43(42-53-55(49,50)52-40-39-46)54-45(48)38-36-34-32-30-28-26-23-18-16-14-12-10-8-6-4-2/h5,7,11-14,17-19,21-23,25,27,43H,3-4,6,8-10,15-16,20,24,26,28-42,46H2,1-2H3,(H,49,50). The highest BCUT2D eigenvalue weighted by Gasteiger charge is 2.25. The summed E-state index contributed by atoms with van der Waals surface area (Å²) in [4.78, 5) is 34.8. The average molecular weight is 790 g/mol. The van der Waals surface area contributed by atoms with Crippen LogP contribution in [0.3, 0.4) is 0 Å². The molecule has 2 unspecified atom stereocenters. The van der Waals surface area contributed by atoms with Gasteiger partial charge in [0.05, 0.1) is 13.2 Å². The summed E-state index contributed by atoms with van der Waals surface area (Å²) in [6.45, 7) is 3.51.